The van der Waals surface area contributed by atoms with Crippen LogP contribution in [0.15, 0.2) is 42.5 Å². The summed E-state index contributed by atoms with van der Waals surface area (Å²) in [7, 11) is 1.62. The van der Waals surface area contributed by atoms with E-state index in [4.69, 9.17) is 9.47 Å². The Labute approximate surface area is 166 Å². The first-order valence-electron chi connectivity index (χ1n) is 9.32. The highest BCUT2D eigenvalue weighted by molar-refractivity contribution is 6.04. The number of para-hydroxylation sites is 1. The van der Waals surface area contributed by atoms with Gasteiger partial charge in [0.25, 0.3) is 11.8 Å². The molecule has 1 atom stereocenters. The van der Waals surface area contributed by atoms with Crippen molar-refractivity contribution >= 4 is 17.5 Å². The van der Waals surface area contributed by atoms with E-state index in [2.05, 4.69) is 10.6 Å². The highest BCUT2D eigenvalue weighted by Gasteiger charge is 2.18. The predicted molar refractivity (Wildman–Crippen MR) is 110 cm³/mol. The minimum atomic E-state index is -0.709. The molecule has 0 radical (unpaired) electrons. The number of ether oxygens (including phenoxy) is 2. The summed E-state index contributed by atoms with van der Waals surface area (Å²) < 4.78 is 10.7. The van der Waals surface area contributed by atoms with Crippen molar-refractivity contribution in [2.75, 3.05) is 25.6 Å². The fraction of sp³-hybridized carbons (Fsp3) is 0.364. The molecule has 0 aliphatic carbocycles. The fourth-order valence-corrected chi connectivity index (χ4v) is 2.80. The molecule has 2 rings (SSSR count). The number of methoxy groups -OCH3 is 1. The standard InChI is InChI=1S/C22H28N2O4/c1-15-12-16(2)14-18(13-15)28-17(3)21(25)24-20-9-6-5-8-19(20)22(26)23-10-7-11-27-4/h5-6,8-9,12-14,17H,7,10-11H2,1-4H3,(H,23,26)(H,24,25)/t17-/m1/s1. The van der Waals surface area contributed by atoms with Crippen LogP contribution in [0, 0.1) is 13.8 Å². The second-order valence-electron chi connectivity index (χ2n) is 6.72. The van der Waals surface area contributed by atoms with E-state index in [0.29, 0.717) is 30.2 Å². The van der Waals surface area contributed by atoms with E-state index < -0.39 is 6.10 Å². The van der Waals surface area contributed by atoms with Gasteiger partial charge in [-0.25, -0.2) is 0 Å². The molecule has 0 aliphatic heterocycles. The molecule has 0 spiro atoms. The smallest absolute Gasteiger partial charge is 0.265 e. The summed E-state index contributed by atoms with van der Waals surface area (Å²) in [5.41, 5.74) is 3.00. The van der Waals surface area contributed by atoms with Gasteiger partial charge in [0.2, 0.25) is 0 Å². The summed E-state index contributed by atoms with van der Waals surface area (Å²) >= 11 is 0. The van der Waals surface area contributed by atoms with Crippen LogP contribution in [0.4, 0.5) is 5.69 Å². The quantitative estimate of drug-likeness (QED) is 0.649. The van der Waals surface area contributed by atoms with Crippen LogP contribution in [0.5, 0.6) is 5.75 Å². The second kappa shape index (κ2) is 10.5. The normalized spacial score (nSPS) is 11.6. The summed E-state index contributed by atoms with van der Waals surface area (Å²) in [6.07, 6.45) is 0.0106. The monoisotopic (exact) mass is 384 g/mol. The summed E-state index contributed by atoms with van der Waals surface area (Å²) in [6, 6.07) is 12.7. The number of carbonyl (C=O) groups is 2. The van der Waals surface area contributed by atoms with Gasteiger partial charge in [0, 0.05) is 20.3 Å². The molecular formula is C22H28N2O4. The third-order valence-electron chi connectivity index (χ3n) is 4.12. The molecule has 0 aromatic heterocycles. The van der Waals surface area contributed by atoms with Crippen molar-refractivity contribution in [1.82, 2.24) is 5.32 Å². The molecule has 6 nitrogen and oxygen atoms in total. The molecular weight excluding hydrogens is 356 g/mol. The predicted octanol–water partition coefficient (Wildman–Crippen LogP) is 3.48. The first-order valence-corrected chi connectivity index (χ1v) is 9.32. The molecule has 2 amide bonds. The first-order chi connectivity index (χ1) is 13.4. The summed E-state index contributed by atoms with van der Waals surface area (Å²) in [4.78, 5) is 25.0. The van der Waals surface area contributed by atoms with Gasteiger partial charge in [-0.2, -0.15) is 0 Å². The Kier molecular flexibility index (Phi) is 8.02. The van der Waals surface area contributed by atoms with E-state index in [9.17, 15) is 9.59 Å². The molecule has 2 aromatic rings. The van der Waals surface area contributed by atoms with Crippen molar-refractivity contribution in [2.24, 2.45) is 0 Å². The zero-order valence-corrected chi connectivity index (χ0v) is 16.9. The molecule has 2 aromatic carbocycles. The molecule has 0 bridgehead atoms. The van der Waals surface area contributed by atoms with Crippen LogP contribution in [0.1, 0.15) is 34.8 Å². The van der Waals surface area contributed by atoms with Crippen molar-refractivity contribution in [3.8, 4) is 5.75 Å². The molecule has 0 saturated heterocycles. The van der Waals surface area contributed by atoms with E-state index in [0.717, 1.165) is 17.5 Å². The maximum atomic E-state index is 12.6. The van der Waals surface area contributed by atoms with Crippen LogP contribution in [0.25, 0.3) is 0 Å². The number of amides is 2. The molecule has 0 saturated carbocycles. The van der Waals surface area contributed by atoms with Crippen molar-refractivity contribution in [2.45, 2.75) is 33.3 Å². The second-order valence-corrected chi connectivity index (χ2v) is 6.72. The maximum absolute atomic E-state index is 12.6. The van der Waals surface area contributed by atoms with Gasteiger partial charge >= 0.3 is 0 Å². The minimum Gasteiger partial charge on any atom is -0.481 e. The summed E-state index contributed by atoms with van der Waals surface area (Å²) in [5.74, 6) is 0.0815. The highest BCUT2D eigenvalue weighted by Crippen LogP contribution is 2.19. The lowest BCUT2D eigenvalue weighted by molar-refractivity contribution is -0.122. The Balaban J connectivity index is 2.02. The van der Waals surface area contributed by atoms with Crippen molar-refractivity contribution < 1.29 is 19.1 Å². The van der Waals surface area contributed by atoms with E-state index in [1.165, 1.54) is 0 Å². The number of carbonyl (C=O) groups excluding carboxylic acids is 2. The molecule has 0 unspecified atom stereocenters. The van der Waals surface area contributed by atoms with Gasteiger partial charge in [0.05, 0.1) is 11.3 Å². The highest BCUT2D eigenvalue weighted by atomic mass is 16.5. The summed E-state index contributed by atoms with van der Waals surface area (Å²) in [6.45, 7) is 6.71. The van der Waals surface area contributed by atoms with Crippen LogP contribution in [0.2, 0.25) is 0 Å². The third-order valence-corrected chi connectivity index (χ3v) is 4.12. The lowest BCUT2D eigenvalue weighted by Gasteiger charge is -2.17. The van der Waals surface area contributed by atoms with Crippen LogP contribution < -0.4 is 15.4 Å². The van der Waals surface area contributed by atoms with Crippen molar-refractivity contribution in [3.05, 3.63) is 59.2 Å². The molecule has 150 valence electrons. The summed E-state index contributed by atoms with van der Waals surface area (Å²) in [5, 5.41) is 5.62. The number of aryl methyl sites for hydroxylation is 2. The van der Waals surface area contributed by atoms with E-state index in [-0.39, 0.29) is 11.8 Å². The van der Waals surface area contributed by atoms with Crippen LogP contribution >= 0.6 is 0 Å². The Hall–Kier alpha value is -2.86. The Bertz CT molecular complexity index is 800. The Morgan fingerprint density at radius 1 is 1.07 bits per heavy atom. The molecule has 2 N–H and O–H groups in total. The van der Waals surface area contributed by atoms with Crippen LogP contribution in [-0.4, -0.2) is 38.2 Å². The molecule has 28 heavy (non-hydrogen) atoms. The van der Waals surface area contributed by atoms with Gasteiger partial charge < -0.3 is 20.1 Å². The minimum absolute atomic E-state index is 0.241. The first kappa shape index (κ1) is 21.4. The number of nitrogens with one attached hydrogen (secondary N) is 2. The van der Waals surface area contributed by atoms with Gasteiger partial charge in [-0.3, -0.25) is 9.59 Å². The van der Waals surface area contributed by atoms with Gasteiger partial charge in [0.1, 0.15) is 5.75 Å². The largest absolute Gasteiger partial charge is 0.481 e. The maximum Gasteiger partial charge on any atom is 0.265 e. The third kappa shape index (κ3) is 6.39. The lowest BCUT2D eigenvalue weighted by atomic mass is 10.1. The SMILES string of the molecule is COCCCNC(=O)c1ccccc1NC(=O)[C@@H](C)Oc1cc(C)cc(C)c1. The fourth-order valence-electron chi connectivity index (χ4n) is 2.80. The van der Waals surface area contributed by atoms with E-state index in [1.54, 1.807) is 38.3 Å². The van der Waals surface area contributed by atoms with Crippen molar-refractivity contribution in [1.29, 1.82) is 0 Å². The van der Waals surface area contributed by atoms with E-state index in [1.807, 2.05) is 32.0 Å². The topological polar surface area (TPSA) is 76.7 Å². The Morgan fingerprint density at radius 3 is 2.43 bits per heavy atom. The molecule has 0 fully saturated rings. The molecule has 0 aliphatic rings. The zero-order valence-electron chi connectivity index (χ0n) is 16.9. The number of hydrogen-bond donors (Lipinski definition) is 2. The molecule has 6 heteroatoms. The van der Waals surface area contributed by atoms with Crippen LogP contribution in [0.3, 0.4) is 0 Å². The van der Waals surface area contributed by atoms with E-state index >= 15 is 0 Å². The number of benzene rings is 2. The number of hydrogen-bond acceptors (Lipinski definition) is 4. The van der Waals surface area contributed by atoms with Gasteiger partial charge in [-0.15, -0.1) is 0 Å². The molecule has 0 heterocycles. The zero-order chi connectivity index (χ0) is 20.5. The van der Waals surface area contributed by atoms with Crippen LogP contribution in [-0.2, 0) is 9.53 Å². The van der Waals surface area contributed by atoms with Crippen molar-refractivity contribution in [3.63, 3.8) is 0 Å². The Morgan fingerprint density at radius 2 is 1.75 bits per heavy atom. The number of rotatable bonds is 9. The average Bonchev–Trinajstić information content (AvgIpc) is 2.64. The van der Waals surface area contributed by atoms with Gasteiger partial charge in [-0.05, 0) is 62.6 Å². The average molecular weight is 384 g/mol. The lowest BCUT2D eigenvalue weighted by Crippen LogP contribution is -2.32. The van der Waals surface area contributed by atoms with Gasteiger partial charge in [-0.1, -0.05) is 18.2 Å². The van der Waals surface area contributed by atoms with Gasteiger partial charge in [0.15, 0.2) is 6.10 Å². The number of anilines is 1.